The molecular weight excluding hydrogens is 310 g/mol. The second-order valence-electron chi connectivity index (χ2n) is 8.71. The third-order valence-electron chi connectivity index (χ3n) is 7.55. The Hall–Kier alpha value is -1.13. The lowest BCUT2D eigenvalue weighted by molar-refractivity contribution is -0.131. The van der Waals surface area contributed by atoms with Crippen molar-refractivity contribution in [2.45, 2.75) is 57.1 Å². The smallest absolute Gasteiger partial charge is 0.0690 e. The second kappa shape index (κ2) is 6.55. The molecule has 4 nitrogen and oxygen atoms in total. The van der Waals surface area contributed by atoms with Crippen LogP contribution in [0, 0.1) is 17.3 Å². The molecule has 1 aromatic heterocycles. The maximum Gasteiger partial charge on any atom is 0.0690 e. The number of anilines is 1. The van der Waals surface area contributed by atoms with Gasteiger partial charge in [0.1, 0.15) is 0 Å². The maximum atomic E-state index is 6.12. The molecule has 0 radical (unpaired) electrons. The average Bonchev–Trinajstić information content (AvgIpc) is 3.32. The molecule has 4 fully saturated rings. The van der Waals surface area contributed by atoms with Gasteiger partial charge in [-0.25, -0.2) is 0 Å². The number of hydrogen-bond donors (Lipinski definition) is 1. The van der Waals surface area contributed by atoms with E-state index in [0.29, 0.717) is 11.5 Å². The van der Waals surface area contributed by atoms with E-state index in [4.69, 9.17) is 4.74 Å². The third kappa shape index (κ3) is 2.69. The van der Waals surface area contributed by atoms with Crippen LogP contribution >= 0.6 is 0 Å². The normalized spacial score (nSPS) is 34.2. The summed E-state index contributed by atoms with van der Waals surface area (Å²) < 4.78 is 6.12. The molecule has 0 amide bonds. The van der Waals surface area contributed by atoms with Gasteiger partial charge in [0.25, 0.3) is 0 Å². The molecule has 2 saturated carbocycles. The summed E-state index contributed by atoms with van der Waals surface area (Å²) in [6, 6.07) is 5.01. The van der Waals surface area contributed by atoms with Crippen molar-refractivity contribution in [3.8, 4) is 0 Å². The zero-order valence-electron chi connectivity index (χ0n) is 15.2. The van der Waals surface area contributed by atoms with Crippen LogP contribution in [-0.4, -0.2) is 43.4 Å². The number of fused-ring (bicyclic) bond motifs is 2. The fourth-order valence-electron chi connectivity index (χ4n) is 6.25. The lowest BCUT2D eigenvalue weighted by Gasteiger charge is -2.57. The summed E-state index contributed by atoms with van der Waals surface area (Å²) in [5, 5.41) is 4.04. The first-order valence-electron chi connectivity index (χ1n) is 10.4. The minimum Gasteiger partial charge on any atom is -0.377 e. The Morgan fingerprint density at radius 3 is 2.64 bits per heavy atom. The SMILES string of the molecule is c1cc(N2CCC(CN[C@@H]3[C@@H]4CCO[C@@H]4C34CCCC4)CC2)ccn1. The lowest BCUT2D eigenvalue weighted by Crippen LogP contribution is -2.67. The van der Waals surface area contributed by atoms with Gasteiger partial charge in [0.2, 0.25) is 0 Å². The van der Waals surface area contributed by atoms with Crippen LogP contribution in [0.2, 0.25) is 0 Å². The van der Waals surface area contributed by atoms with E-state index >= 15 is 0 Å². The van der Waals surface area contributed by atoms with E-state index in [0.717, 1.165) is 24.5 Å². The molecule has 0 aromatic carbocycles. The Morgan fingerprint density at radius 1 is 1.12 bits per heavy atom. The number of nitrogens with zero attached hydrogens (tertiary/aromatic N) is 2. The van der Waals surface area contributed by atoms with E-state index in [1.165, 1.54) is 70.3 Å². The molecule has 1 N–H and O–H groups in total. The monoisotopic (exact) mass is 341 g/mol. The first kappa shape index (κ1) is 16.1. The fraction of sp³-hybridized carbons (Fsp3) is 0.762. The molecule has 5 rings (SSSR count). The van der Waals surface area contributed by atoms with Crippen LogP contribution in [0.5, 0.6) is 0 Å². The van der Waals surface area contributed by atoms with Crippen LogP contribution in [0.15, 0.2) is 24.5 Å². The Morgan fingerprint density at radius 2 is 1.88 bits per heavy atom. The largest absolute Gasteiger partial charge is 0.377 e. The number of aromatic nitrogens is 1. The van der Waals surface area contributed by atoms with Crippen molar-refractivity contribution >= 4 is 5.69 Å². The highest BCUT2D eigenvalue weighted by Gasteiger charge is 2.64. The highest BCUT2D eigenvalue weighted by Crippen LogP contribution is 2.60. The Bertz CT molecular complexity index is 578. The van der Waals surface area contributed by atoms with E-state index in [1.54, 1.807) is 0 Å². The number of piperidine rings is 1. The van der Waals surface area contributed by atoms with Crippen LogP contribution < -0.4 is 10.2 Å². The van der Waals surface area contributed by atoms with Crippen LogP contribution in [0.25, 0.3) is 0 Å². The summed E-state index contributed by atoms with van der Waals surface area (Å²) in [7, 11) is 0. The molecule has 25 heavy (non-hydrogen) atoms. The number of ether oxygens (including phenoxy) is 1. The highest BCUT2D eigenvalue weighted by atomic mass is 16.5. The molecule has 2 aliphatic carbocycles. The molecule has 3 atom stereocenters. The van der Waals surface area contributed by atoms with Gasteiger partial charge in [-0.3, -0.25) is 4.98 Å². The Labute approximate surface area is 151 Å². The molecule has 0 bridgehead atoms. The first-order chi connectivity index (χ1) is 12.4. The van der Waals surface area contributed by atoms with Crippen molar-refractivity contribution in [1.29, 1.82) is 0 Å². The molecule has 1 spiro atoms. The van der Waals surface area contributed by atoms with Gasteiger partial charge in [-0.1, -0.05) is 12.8 Å². The topological polar surface area (TPSA) is 37.4 Å². The summed E-state index contributed by atoms with van der Waals surface area (Å²) in [5.74, 6) is 1.63. The van der Waals surface area contributed by atoms with Crippen molar-refractivity contribution in [1.82, 2.24) is 10.3 Å². The molecule has 4 heteroatoms. The van der Waals surface area contributed by atoms with Crippen LogP contribution in [0.3, 0.4) is 0 Å². The number of pyridine rings is 1. The van der Waals surface area contributed by atoms with Crippen molar-refractivity contribution in [2.75, 3.05) is 31.1 Å². The molecule has 0 unspecified atom stereocenters. The summed E-state index contributed by atoms with van der Waals surface area (Å²) in [6.07, 6.45) is 13.9. The van der Waals surface area contributed by atoms with Crippen molar-refractivity contribution in [3.05, 3.63) is 24.5 Å². The van der Waals surface area contributed by atoms with Gasteiger partial charge < -0.3 is 15.0 Å². The summed E-state index contributed by atoms with van der Waals surface area (Å²) in [6.45, 7) is 4.57. The number of rotatable bonds is 4. The van der Waals surface area contributed by atoms with E-state index in [-0.39, 0.29) is 0 Å². The average molecular weight is 341 g/mol. The van der Waals surface area contributed by atoms with Crippen LogP contribution in [0.4, 0.5) is 5.69 Å². The fourth-order valence-corrected chi connectivity index (χ4v) is 6.25. The van der Waals surface area contributed by atoms with Gasteiger partial charge in [-0.05, 0) is 56.7 Å². The number of nitrogens with one attached hydrogen (secondary N) is 1. The van der Waals surface area contributed by atoms with E-state index in [2.05, 4.69) is 27.3 Å². The molecular formula is C21H31N3O. The lowest BCUT2D eigenvalue weighted by atomic mass is 9.54. The van der Waals surface area contributed by atoms with Crippen LogP contribution in [0.1, 0.15) is 44.9 Å². The van der Waals surface area contributed by atoms with Crippen molar-refractivity contribution in [2.24, 2.45) is 17.3 Å². The summed E-state index contributed by atoms with van der Waals surface area (Å²) in [5.41, 5.74) is 1.83. The van der Waals surface area contributed by atoms with Crippen LogP contribution in [-0.2, 0) is 4.74 Å². The van der Waals surface area contributed by atoms with Gasteiger partial charge in [0.15, 0.2) is 0 Å². The van der Waals surface area contributed by atoms with Gasteiger partial charge in [-0.2, -0.15) is 0 Å². The molecule has 2 saturated heterocycles. The second-order valence-corrected chi connectivity index (χ2v) is 8.71. The molecule has 3 heterocycles. The van der Waals surface area contributed by atoms with Gasteiger partial charge in [0.05, 0.1) is 6.10 Å². The standard InChI is InChI=1S/C21H31N3O/c1-2-9-21(8-1)19(18-7-14-25-20(18)21)23-15-16-5-12-24(13-6-16)17-3-10-22-11-4-17/h3-4,10-11,16,18-20,23H,1-2,5-9,12-15H2/t18-,19+,20-/m0/s1. The first-order valence-corrected chi connectivity index (χ1v) is 10.4. The maximum absolute atomic E-state index is 6.12. The molecule has 4 aliphatic rings. The van der Waals surface area contributed by atoms with E-state index in [9.17, 15) is 0 Å². The Kier molecular flexibility index (Phi) is 4.21. The van der Waals surface area contributed by atoms with Gasteiger partial charge in [-0.15, -0.1) is 0 Å². The predicted molar refractivity (Wildman–Crippen MR) is 99.7 cm³/mol. The van der Waals surface area contributed by atoms with Gasteiger partial charge >= 0.3 is 0 Å². The predicted octanol–water partition coefficient (Wildman–Crippen LogP) is 3.24. The van der Waals surface area contributed by atoms with E-state index in [1.807, 2.05) is 12.4 Å². The van der Waals surface area contributed by atoms with Crippen molar-refractivity contribution < 1.29 is 4.74 Å². The third-order valence-corrected chi connectivity index (χ3v) is 7.55. The highest BCUT2D eigenvalue weighted by molar-refractivity contribution is 5.44. The molecule has 2 aliphatic heterocycles. The van der Waals surface area contributed by atoms with Crippen molar-refractivity contribution in [3.63, 3.8) is 0 Å². The zero-order valence-corrected chi connectivity index (χ0v) is 15.2. The molecule has 1 aromatic rings. The zero-order chi connectivity index (χ0) is 16.7. The summed E-state index contributed by atoms with van der Waals surface area (Å²) in [4.78, 5) is 6.65. The van der Waals surface area contributed by atoms with E-state index < -0.39 is 0 Å². The quantitative estimate of drug-likeness (QED) is 0.912. The number of hydrogen-bond acceptors (Lipinski definition) is 4. The minimum atomic E-state index is 0.499. The summed E-state index contributed by atoms with van der Waals surface area (Å²) >= 11 is 0. The van der Waals surface area contributed by atoms with Gasteiger partial charge in [0, 0.05) is 55.2 Å². The minimum absolute atomic E-state index is 0.499. The molecule has 136 valence electrons. The Balaban J connectivity index is 1.15.